The van der Waals surface area contributed by atoms with Gasteiger partial charge in [0.15, 0.2) is 11.5 Å². The first-order valence-corrected chi connectivity index (χ1v) is 10.2. The van der Waals surface area contributed by atoms with Crippen molar-refractivity contribution in [2.75, 3.05) is 27.9 Å². The second-order valence-corrected chi connectivity index (χ2v) is 7.90. The van der Waals surface area contributed by atoms with Crippen molar-refractivity contribution < 1.29 is 19.3 Å². The first-order valence-electron chi connectivity index (χ1n) is 10.2. The van der Waals surface area contributed by atoms with Gasteiger partial charge in [0.2, 0.25) is 0 Å². The summed E-state index contributed by atoms with van der Waals surface area (Å²) in [5.41, 5.74) is 1.58. The molecule has 1 N–H and O–H groups in total. The van der Waals surface area contributed by atoms with Gasteiger partial charge in [0, 0.05) is 11.1 Å². The number of rotatable bonds is 11. The Labute approximate surface area is 175 Å². The lowest BCUT2D eigenvalue weighted by Crippen LogP contribution is -2.45. The number of hydrogen-bond donors (Lipinski definition) is 1. The van der Waals surface area contributed by atoms with E-state index in [1.54, 1.807) is 14.2 Å². The van der Waals surface area contributed by atoms with Crippen molar-refractivity contribution in [1.29, 1.82) is 0 Å². The predicted octanol–water partition coefficient (Wildman–Crippen LogP) is 4.83. The van der Waals surface area contributed by atoms with Crippen LogP contribution in [0, 0.1) is 0 Å². The fraction of sp³-hybridized carbons (Fsp3) is 0.500. The average molecular weight is 402 g/mol. The van der Waals surface area contributed by atoms with Gasteiger partial charge < -0.3 is 19.3 Å². The molecule has 160 valence electrons. The lowest BCUT2D eigenvalue weighted by atomic mass is 9.92. The number of para-hydroxylation sites is 1. The van der Waals surface area contributed by atoms with Gasteiger partial charge in [-0.25, -0.2) is 0 Å². The molecule has 0 amide bonds. The Hall–Kier alpha value is -2.24. The molecule has 0 spiro atoms. The van der Waals surface area contributed by atoms with Gasteiger partial charge in [-0.2, -0.15) is 0 Å². The molecule has 2 aromatic carbocycles. The van der Waals surface area contributed by atoms with Gasteiger partial charge in [-0.05, 0) is 57.5 Å². The van der Waals surface area contributed by atoms with Crippen LogP contribution in [0.3, 0.4) is 0 Å². The average Bonchev–Trinajstić information content (AvgIpc) is 2.72. The molecule has 0 aliphatic carbocycles. The number of nitrogens with zero attached hydrogens (tertiary/aromatic N) is 1. The van der Waals surface area contributed by atoms with Crippen LogP contribution >= 0.6 is 0 Å². The summed E-state index contributed by atoms with van der Waals surface area (Å²) in [6.45, 7) is 7.02. The van der Waals surface area contributed by atoms with Gasteiger partial charge in [-0.1, -0.05) is 37.6 Å². The molecular weight excluding hydrogens is 366 g/mol. The Bertz CT molecular complexity index is 775. The second-order valence-electron chi connectivity index (χ2n) is 7.90. The summed E-state index contributed by atoms with van der Waals surface area (Å²) in [6, 6.07) is 13.6. The molecule has 1 unspecified atom stereocenters. The van der Waals surface area contributed by atoms with E-state index in [9.17, 15) is 5.11 Å². The molecular formula is C24H35NO4. The zero-order valence-corrected chi connectivity index (χ0v) is 18.6. The Morgan fingerprint density at radius 2 is 1.69 bits per heavy atom. The summed E-state index contributed by atoms with van der Waals surface area (Å²) in [7, 11) is 5.21. The molecule has 0 fully saturated rings. The molecule has 29 heavy (non-hydrogen) atoms. The number of ether oxygens (including phenoxy) is 3. The summed E-state index contributed by atoms with van der Waals surface area (Å²) in [5.74, 6) is 2.15. The lowest BCUT2D eigenvalue weighted by molar-refractivity contribution is -0.0416. The highest BCUT2D eigenvalue weighted by Gasteiger charge is 2.31. The Balaban J connectivity index is 2.18. The highest BCUT2D eigenvalue weighted by atomic mass is 16.5. The Morgan fingerprint density at radius 1 is 1.00 bits per heavy atom. The minimum Gasteiger partial charge on any atom is -0.493 e. The van der Waals surface area contributed by atoms with E-state index < -0.39 is 6.23 Å². The first kappa shape index (κ1) is 23.0. The lowest BCUT2D eigenvalue weighted by Gasteiger charge is -2.39. The molecule has 0 aliphatic heterocycles. The maximum Gasteiger partial charge on any atom is 0.160 e. The summed E-state index contributed by atoms with van der Waals surface area (Å²) in [4.78, 5) is 1.98. The van der Waals surface area contributed by atoms with Crippen molar-refractivity contribution >= 4 is 0 Å². The number of aliphatic hydroxyl groups excluding tert-OH is 1. The summed E-state index contributed by atoms with van der Waals surface area (Å²) in [5, 5.41) is 11.1. The van der Waals surface area contributed by atoms with Gasteiger partial charge in [0.05, 0.1) is 20.8 Å². The number of hydrogen-bond acceptors (Lipinski definition) is 5. The van der Waals surface area contributed by atoms with Gasteiger partial charge in [0.25, 0.3) is 0 Å². The zero-order valence-electron chi connectivity index (χ0n) is 18.6. The number of benzene rings is 2. The van der Waals surface area contributed by atoms with Gasteiger partial charge in [-0.15, -0.1) is 0 Å². The SMILES string of the molecule is CCCCOc1ccccc1C(O)N(C)C(C)(C)Cc1ccc(OC)c(OC)c1. The molecule has 0 aliphatic rings. The summed E-state index contributed by atoms with van der Waals surface area (Å²) < 4.78 is 16.7. The maximum absolute atomic E-state index is 11.1. The van der Waals surface area contributed by atoms with Crippen LogP contribution in [0.4, 0.5) is 0 Å². The minimum absolute atomic E-state index is 0.310. The Morgan fingerprint density at radius 3 is 2.34 bits per heavy atom. The van der Waals surface area contributed by atoms with Crippen LogP contribution in [0.1, 0.15) is 51.0 Å². The standard InChI is InChI=1S/C24H35NO4/c1-7-8-15-29-20-12-10-9-11-19(20)23(26)25(4)24(2,3)17-18-13-14-21(27-5)22(16-18)28-6/h9-14,16,23,26H,7-8,15,17H2,1-6H3. The van der Waals surface area contributed by atoms with Crippen molar-refractivity contribution in [3.63, 3.8) is 0 Å². The van der Waals surface area contributed by atoms with Gasteiger partial charge >= 0.3 is 0 Å². The summed E-state index contributed by atoms with van der Waals surface area (Å²) >= 11 is 0. The quantitative estimate of drug-likeness (QED) is 0.432. The molecule has 1 atom stereocenters. The van der Waals surface area contributed by atoms with Crippen LogP contribution in [0.25, 0.3) is 0 Å². The predicted molar refractivity (Wildman–Crippen MR) is 117 cm³/mol. The molecule has 0 saturated carbocycles. The third-order valence-electron chi connectivity index (χ3n) is 5.36. The monoisotopic (exact) mass is 401 g/mol. The van der Waals surface area contributed by atoms with E-state index in [0.717, 1.165) is 36.1 Å². The molecule has 2 rings (SSSR count). The highest BCUT2D eigenvalue weighted by molar-refractivity contribution is 5.43. The third-order valence-corrected chi connectivity index (χ3v) is 5.36. The second kappa shape index (κ2) is 10.5. The fourth-order valence-corrected chi connectivity index (χ4v) is 3.31. The van der Waals surface area contributed by atoms with E-state index in [1.165, 1.54) is 0 Å². The van der Waals surface area contributed by atoms with Crippen molar-refractivity contribution in [2.45, 2.75) is 51.8 Å². The van der Waals surface area contributed by atoms with E-state index >= 15 is 0 Å². The molecule has 5 nitrogen and oxygen atoms in total. The molecule has 0 saturated heterocycles. The first-order chi connectivity index (χ1) is 13.8. The Kier molecular flexibility index (Phi) is 8.35. The van der Waals surface area contributed by atoms with Crippen molar-refractivity contribution in [1.82, 2.24) is 4.90 Å². The van der Waals surface area contributed by atoms with Crippen molar-refractivity contribution in [3.8, 4) is 17.2 Å². The number of methoxy groups -OCH3 is 2. The molecule has 5 heteroatoms. The highest BCUT2D eigenvalue weighted by Crippen LogP contribution is 2.34. The van der Waals surface area contributed by atoms with E-state index in [1.807, 2.05) is 54.4 Å². The smallest absolute Gasteiger partial charge is 0.160 e. The normalized spacial score (nSPS) is 12.7. The van der Waals surface area contributed by atoms with Crippen LogP contribution < -0.4 is 14.2 Å². The molecule has 2 aromatic rings. The topological polar surface area (TPSA) is 51.2 Å². The van der Waals surface area contributed by atoms with Crippen LogP contribution in [0.2, 0.25) is 0 Å². The van der Waals surface area contributed by atoms with Gasteiger partial charge in [-0.3, -0.25) is 4.90 Å². The van der Waals surface area contributed by atoms with E-state index in [4.69, 9.17) is 14.2 Å². The minimum atomic E-state index is -0.775. The molecule has 0 radical (unpaired) electrons. The van der Waals surface area contributed by atoms with Crippen LogP contribution in [-0.2, 0) is 6.42 Å². The van der Waals surface area contributed by atoms with Crippen LogP contribution in [-0.4, -0.2) is 43.4 Å². The molecule has 0 bridgehead atoms. The molecule has 0 aromatic heterocycles. The number of unbranched alkanes of at least 4 members (excludes halogenated alkanes) is 1. The number of likely N-dealkylation sites (N-methyl/N-ethyl adjacent to an activating group) is 1. The largest absolute Gasteiger partial charge is 0.493 e. The van der Waals surface area contributed by atoms with E-state index in [2.05, 4.69) is 20.8 Å². The van der Waals surface area contributed by atoms with Gasteiger partial charge in [0.1, 0.15) is 12.0 Å². The van der Waals surface area contributed by atoms with Crippen LogP contribution in [0.15, 0.2) is 42.5 Å². The van der Waals surface area contributed by atoms with E-state index in [0.29, 0.717) is 18.1 Å². The number of aliphatic hydroxyl groups is 1. The maximum atomic E-state index is 11.1. The van der Waals surface area contributed by atoms with Crippen molar-refractivity contribution in [2.24, 2.45) is 0 Å². The van der Waals surface area contributed by atoms with Crippen molar-refractivity contribution in [3.05, 3.63) is 53.6 Å². The van der Waals surface area contributed by atoms with Crippen LogP contribution in [0.5, 0.6) is 17.2 Å². The molecule has 0 heterocycles. The summed E-state index contributed by atoms with van der Waals surface area (Å²) in [6.07, 6.45) is 2.02. The zero-order chi connectivity index (χ0) is 21.4. The van der Waals surface area contributed by atoms with E-state index in [-0.39, 0.29) is 5.54 Å². The fourth-order valence-electron chi connectivity index (χ4n) is 3.31. The third kappa shape index (κ3) is 5.87.